The highest BCUT2D eigenvalue weighted by molar-refractivity contribution is 6.51. The van der Waals surface area contributed by atoms with Gasteiger partial charge in [-0.1, -0.05) is 47.5 Å². The number of aliphatic hydroxyl groups is 1. The Morgan fingerprint density at radius 2 is 1.75 bits per heavy atom. The van der Waals surface area contributed by atoms with Crippen LogP contribution in [0.25, 0.3) is 5.76 Å². The highest BCUT2D eigenvalue weighted by Crippen LogP contribution is 2.43. The normalized spacial score (nSPS) is 17.6. The van der Waals surface area contributed by atoms with E-state index in [9.17, 15) is 19.1 Å². The molecule has 0 radical (unpaired) electrons. The van der Waals surface area contributed by atoms with Crippen molar-refractivity contribution in [2.24, 2.45) is 0 Å². The number of Topliss-reactive ketones (excluding diaryl/α,β-unsaturated/α-hetero) is 1. The number of aliphatic hydroxyl groups excluding tert-OH is 1. The van der Waals surface area contributed by atoms with Crippen molar-refractivity contribution in [2.75, 3.05) is 12.0 Å². The molecule has 1 aliphatic heterocycles. The van der Waals surface area contributed by atoms with Crippen LogP contribution < -0.4 is 9.64 Å². The Kier molecular flexibility index (Phi) is 5.72. The van der Waals surface area contributed by atoms with Gasteiger partial charge in [-0.2, -0.15) is 0 Å². The van der Waals surface area contributed by atoms with Crippen LogP contribution in [-0.4, -0.2) is 23.9 Å². The monoisotopic (exact) mass is 451 g/mol. The Balaban J connectivity index is 1.97. The zero-order valence-corrected chi connectivity index (χ0v) is 18.1. The van der Waals surface area contributed by atoms with Crippen molar-refractivity contribution in [3.63, 3.8) is 0 Å². The molecule has 1 N–H and O–H groups in total. The van der Waals surface area contributed by atoms with Gasteiger partial charge in [-0.25, -0.2) is 4.39 Å². The second-order valence-electron chi connectivity index (χ2n) is 7.38. The molecule has 3 aromatic carbocycles. The van der Waals surface area contributed by atoms with E-state index in [1.165, 1.54) is 48.4 Å². The van der Waals surface area contributed by atoms with E-state index in [4.69, 9.17) is 16.3 Å². The molecule has 3 aromatic rings. The first-order chi connectivity index (χ1) is 15.3. The van der Waals surface area contributed by atoms with Crippen LogP contribution in [0.3, 0.4) is 0 Å². The number of carbonyl (C=O) groups excluding carboxylic acids is 2. The van der Waals surface area contributed by atoms with E-state index in [2.05, 4.69) is 0 Å². The van der Waals surface area contributed by atoms with Crippen molar-refractivity contribution in [3.8, 4) is 5.75 Å². The summed E-state index contributed by atoms with van der Waals surface area (Å²) < 4.78 is 20.1. The van der Waals surface area contributed by atoms with Gasteiger partial charge in [0.05, 0.1) is 23.7 Å². The SMILES string of the molecule is COc1cc(/C(O)=C2\C(=O)C(=O)N(c3ccc(C)cc3)C2c2ccccc2F)ccc1Cl. The largest absolute Gasteiger partial charge is 0.507 e. The fourth-order valence-electron chi connectivity index (χ4n) is 3.76. The molecule has 4 rings (SSSR count). The number of halogens is 2. The summed E-state index contributed by atoms with van der Waals surface area (Å²) in [6.07, 6.45) is 0. The fourth-order valence-corrected chi connectivity index (χ4v) is 3.95. The van der Waals surface area contributed by atoms with E-state index in [-0.39, 0.29) is 22.4 Å². The van der Waals surface area contributed by atoms with Crippen LogP contribution in [0.4, 0.5) is 10.1 Å². The number of anilines is 1. The second-order valence-corrected chi connectivity index (χ2v) is 7.78. The molecule has 1 atom stereocenters. The van der Waals surface area contributed by atoms with Gasteiger partial charge in [-0.3, -0.25) is 14.5 Å². The number of nitrogens with zero attached hydrogens (tertiary/aromatic N) is 1. The van der Waals surface area contributed by atoms with Crippen LogP contribution in [0.2, 0.25) is 5.02 Å². The van der Waals surface area contributed by atoms with Crippen LogP contribution >= 0.6 is 11.6 Å². The Hall–Kier alpha value is -3.64. The molecular weight excluding hydrogens is 433 g/mol. The van der Waals surface area contributed by atoms with E-state index in [0.29, 0.717) is 10.7 Å². The lowest BCUT2D eigenvalue weighted by atomic mass is 9.94. The van der Waals surface area contributed by atoms with Crippen molar-refractivity contribution in [3.05, 3.63) is 99.8 Å². The first-order valence-corrected chi connectivity index (χ1v) is 10.2. The summed E-state index contributed by atoms with van der Waals surface area (Å²) in [5.41, 5.74) is 1.47. The van der Waals surface area contributed by atoms with Gasteiger partial charge in [-0.05, 0) is 43.3 Å². The summed E-state index contributed by atoms with van der Waals surface area (Å²) in [7, 11) is 1.42. The molecule has 0 spiro atoms. The third kappa shape index (κ3) is 3.63. The van der Waals surface area contributed by atoms with Gasteiger partial charge < -0.3 is 9.84 Å². The van der Waals surface area contributed by atoms with Crippen molar-refractivity contribution >= 4 is 34.7 Å². The van der Waals surface area contributed by atoms with Crippen LogP contribution in [-0.2, 0) is 9.59 Å². The number of methoxy groups -OCH3 is 1. The molecule has 7 heteroatoms. The van der Waals surface area contributed by atoms with E-state index in [1.54, 1.807) is 30.3 Å². The number of rotatable bonds is 4. The maximum Gasteiger partial charge on any atom is 0.300 e. The van der Waals surface area contributed by atoms with Crippen molar-refractivity contribution in [1.29, 1.82) is 0 Å². The average molecular weight is 452 g/mol. The lowest BCUT2D eigenvalue weighted by Crippen LogP contribution is -2.29. The number of ether oxygens (including phenoxy) is 1. The standard InChI is InChI=1S/C25H19ClFNO4/c1-14-7-10-16(11-8-14)28-22(17-5-3-4-6-19(17)27)21(24(30)25(28)31)23(29)15-9-12-18(26)20(13-15)32-2/h3-13,22,29H,1-2H3/b23-21+. The fraction of sp³-hybridized carbons (Fsp3) is 0.120. The average Bonchev–Trinajstić information content (AvgIpc) is 3.05. The highest BCUT2D eigenvalue weighted by Gasteiger charge is 2.47. The van der Waals surface area contributed by atoms with Crippen molar-refractivity contribution in [2.45, 2.75) is 13.0 Å². The van der Waals surface area contributed by atoms with Gasteiger partial charge in [0.2, 0.25) is 0 Å². The highest BCUT2D eigenvalue weighted by atomic mass is 35.5. The number of ketones is 1. The van der Waals surface area contributed by atoms with E-state index in [1.807, 2.05) is 6.92 Å². The molecular formula is C25H19ClFNO4. The Morgan fingerprint density at radius 3 is 2.41 bits per heavy atom. The minimum Gasteiger partial charge on any atom is -0.507 e. The number of hydrogen-bond donors (Lipinski definition) is 1. The molecule has 162 valence electrons. The quantitative estimate of drug-likeness (QED) is 0.326. The molecule has 0 aliphatic carbocycles. The third-order valence-electron chi connectivity index (χ3n) is 5.38. The summed E-state index contributed by atoms with van der Waals surface area (Å²) in [4.78, 5) is 27.4. The van der Waals surface area contributed by atoms with Crippen LogP contribution in [0.1, 0.15) is 22.7 Å². The third-order valence-corrected chi connectivity index (χ3v) is 5.69. The Labute approximate surface area is 189 Å². The lowest BCUT2D eigenvalue weighted by molar-refractivity contribution is -0.132. The summed E-state index contributed by atoms with van der Waals surface area (Å²) in [6, 6.07) is 16.1. The zero-order chi connectivity index (χ0) is 23.0. The molecule has 1 fully saturated rings. The van der Waals surface area contributed by atoms with Gasteiger partial charge in [0.25, 0.3) is 11.7 Å². The van der Waals surface area contributed by atoms with Crippen LogP contribution in [0.5, 0.6) is 5.75 Å². The maximum atomic E-state index is 14.9. The topological polar surface area (TPSA) is 66.8 Å². The minimum atomic E-state index is -1.15. The number of carbonyl (C=O) groups is 2. The zero-order valence-electron chi connectivity index (χ0n) is 17.3. The van der Waals surface area contributed by atoms with Gasteiger partial charge in [0.1, 0.15) is 17.3 Å². The van der Waals surface area contributed by atoms with E-state index in [0.717, 1.165) is 5.56 Å². The molecule has 0 saturated carbocycles. The van der Waals surface area contributed by atoms with Gasteiger partial charge in [-0.15, -0.1) is 0 Å². The lowest BCUT2D eigenvalue weighted by Gasteiger charge is -2.26. The molecule has 1 heterocycles. The van der Waals surface area contributed by atoms with Crippen LogP contribution in [0, 0.1) is 12.7 Å². The van der Waals surface area contributed by atoms with Gasteiger partial charge in [0.15, 0.2) is 0 Å². The Bertz CT molecular complexity index is 1250. The van der Waals surface area contributed by atoms with E-state index < -0.39 is 29.3 Å². The van der Waals surface area contributed by atoms with E-state index >= 15 is 0 Å². The molecule has 5 nitrogen and oxygen atoms in total. The first-order valence-electron chi connectivity index (χ1n) is 9.79. The molecule has 1 aliphatic rings. The molecule has 0 bridgehead atoms. The summed E-state index contributed by atoms with van der Waals surface area (Å²) in [5.74, 6) is -2.53. The Morgan fingerprint density at radius 1 is 1.06 bits per heavy atom. The smallest absolute Gasteiger partial charge is 0.300 e. The summed E-state index contributed by atoms with van der Waals surface area (Å²) in [6.45, 7) is 1.89. The second kappa shape index (κ2) is 8.48. The number of amides is 1. The van der Waals surface area contributed by atoms with Crippen molar-refractivity contribution in [1.82, 2.24) is 0 Å². The van der Waals surface area contributed by atoms with Crippen LogP contribution in [0.15, 0.2) is 72.3 Å². The summed E-state index contributed by atoms with van der Waals surface area (Å²) >= 11 is 6.07. The molecule has 1 unspecified atom stereocenters. The number of hydrogen-bond acceptors (Lipinski definition) is 4. The molecule has 1 amide bonds. The van der Waals surface area contributed by atoms with Gasteiger partial charge >= 0.3 is 0 Å². The molecule has 0 aromatic heterocycles. The number of benzene rings is 3. The molecule has 32 heavy (non-hydrogen) atoms. The first kappa shape index (κ1) is 21.6. The predicted octanol–water partition coefficient (Wildman–Crippen LogP) is 5.42. The minimum absolute atomic E-state index is 0.0924. The molecule has 1 saturated heterocycles. The van der Waals surface area contributed by atoms with Gasteiger partial charge in [0, 0.05) is 16.8 Å². The maximum absolute atomic E-state index is 14.9. The van der Waals surface area contributed by atoms with Crippen molar-refractivity contribution < 1.29 is 23.8 Å². The number of aryl methyl sites for hydroxylation is 1. The summed E-state index contributed by atoms with van der Waals surface area (Å²) in [5, 5.41) is 11.4. The predicted molar refractivity (Wildman–Crippen MR) is 120 cm³/mol.